The summed E-state index contributed by atoms with van der Waals surface area (Å²) in [6, 6.07) is 13.1. The summed E-state index contributed by atoms with van der Waals surface area (Å²) in [5, 5.41) is 0. The predicted molar refractivity (Wildman–Crippen MR) is 66.3 cm³/mol. The van der Waals surface area contributed by atoms with Crippen molar-refractivity contribution >= 4 is 0 Å². The maximum atomic E-state index is 12.4. The Bertz CT molecular complexity index is 507. The molecule has 0 aliphatic heterocycles. The molecule has 0 atom stereocenters. The van der Waals surface area contributed by atoms with Gasteiger partial charge < -0.3 is 0 Å². The maximum Gasteiger partial charge on any atom is 0.416 e. The van der Waals surface area contributed by atoms with Crippen LogP contribution in [-0.2, 0) is 12.6 Å². The quantitative estimate of drug-likeness (QED) is 0.708. The van der Waals surface area contributed by atoms with Crippen LogP contribution in [0.1, 0.15) is 18.1 Å². The first kappa shape index (κ1) is 12.7. The molecule has 18 heavy (non-hydrogen) atoms. The number of aryl methyl sites for hydroxylation is 1. The van der Waals surface area contributed by atoms with Crippen LogP contribution in [0.2, 0.25) is 0 Å². The van der Waals surface area contributed by atoms with Crippen molar-refractivity contribution in [3.05, 3.63) is 59.7 Å². The summed E-state index contributed by atoms with van der Waals surface area (Å²) in [6.45, 7) is 2.06. The average molecular weight is 250 g/mol. The molecule has 2 rings (SSSR count). The van der Waals surface area contributed by atoms with Crippen molar-refractivity contribution in [3.8, 4) is 11.1 Å². The normalized spacial score (nSPS) is 11.6. The molecule has 0 saturated carbocycles. The van der Waals surface area contributed by atoms with Crippen molar-refractivity contribution in [2.75, 3.05) is 0 Å². The third kappa shape index (κ3) is 2.73. The molecule has 0 N–H and O–H groups in total. The van der Waals surface area contributed by atoms with Crippen molar-refractivity contribution in [1.82, 2.24) is 0 Å². The Hall–Kier alpha value is -1.77. The van der Waals surface area contributed by atoms with Gasteiger partial charge in [0.15, 0.2) is 0 Å². The van der Waals surface area contributed by atoms with E-state index in [4.69, 9.17) is 0 Å². The Kier molecular flexibility index (Phi) is 3.41. The molecule has 0 unspecified atom stereocenters. The van der Waals surface area contributed by atoms with Gasteiger partial charge in [0, 0.05) is 0 Å². The number of hydrogen-bond acceptors (Lipinski definition) is 0. The third-order valence-electron chi connectivity index (χ3n) is 2.91. The first-order valence-electron chi connectivity index (χ1n) is 5.77. The highest BCUT2D eigenvalue weighted by Crippen LogP contribution is 2.30. The van der Waals surface area contributed by atoms with Crippen molar-refractivity contribution in [2.24, 2.45) is 0 Å². The Morgan fingerprint density at radius 1 is 0.778 bits per heavy atom. The molecule has 0 nitrogen and oxygen atoms in total. The van der Waals surface area contributed by atoms with Gasteiger partial charge in [-0.15, -0.1) is 0 Å². The molecular weight excluding hydrogens is 237 g/mol. The van der Waals surface area contributed by atoms with Crippen LogP contribution in [0.5, 0.6) is 0 Å². The van der Waals surface area contributed by atoms with Gasteiger partial charge in [-0.3, -0.25) is 0 Å². The molecule has 0 aliphatic rings. The van der Waals surface area contributed by atoms with E-state index in [1.165, 1.54) is 17.7 Å². The molecular formula is C15H13F3. The Morgan fingerprint density at radius 2 is 1.22 bits per heavy atom. The summed E-state index contributed by atoms with van der Waals surface area (Å²) < 4.78 is 37.3. The minimum Gasteiger partial charge on any atom is -0.166 e. The lowest BCUT2D eigenvalue weighted by molar-refractivity contribution is -0.137. The number of hydrogen-bond donors (Lipinski definition) is 0. The Labute approximate surface area is 104 Å². The van der Waals surface area contributed by atoms with Crippen molar-refractivity contribution < 1.29 is 13.2 Å². The van der Waals surface area contributed by atoms with Gasteiger partial charge in [0.25, 0.3) is 0 Å². The summed E-state index contributed by atoms with van der Waals surface area (Å²) >= 11 is 0. The van der Waals surface area contributed by atoms with E-state index in [0.29, 0.717) is 0 Å². The van der Waals surface area contributed by atoms with Crippen molar-refractivity contribution in [3.63, 3.8) is 0 Å². The summed E-state index contributed by atoms with van der Waals surface area (Å²) in [7, 11) is 0. The van der Waals surface area contributed by atoms with Crippen molar-refractivity contribution in [2.45, 2.75) is 19.5 Å². The molecule has 0 aliphatic carbocycles. The van der Waals surface area contributed by atoms with Crippen molar-refractivity contribution in [1.29, 1.82) is 0 Å². The van der Waals surface area contributed by atoms with E-state index in [9.17, 15) is 13.2 Å². The third-order valence-corrected chi connectivity index (χ3v) is 2.91. The van der Waals surface area contributed by atoms with Gasteiger partial charge in [-0.1, -0.05) is 43.3 Å². The molecule has 3 heteroatoms. The second-order valence-corrected chi connectivity index (χ2v) is 4.13. The zero-order valence-corrected chi connectivity index (χ0v) is 9.96. The van der Waals surface area contributed by atoms with Crippen LogP contribution in [0.4, 0.5) is 13.2 Å². The fourth-order valence-electron chi connectivity index (χ4n) is 1.78. The lowest BCUT2D eigenvalue weighted by Gasteiger charge is -2.08. The van der Waals surface area contributed by atoms with Gasteiger partial charge in [0.1, 0.15) is 0 Å². The zero-order chi connectivity index (χ0) is 13.2. The van der Waals surface area contributed by atoms with Crippen LogP contribution >= 0.6 is 0 Å². The predicted octanol–water partition coefficient (Wildman–Crippen LogP) is 4.93. The molecule has 2 aromatic rings. The van der Waals surface area contributed by atoms with Crippen LogP contribution < -0.4 is 0 Å². The summed E-state index contributed by atoms with van der Waals surface area (Å²) in [5.74, 6) is 0. The van der Waals surface area contributed by atoms with Gasteiger partial charge in [0.2, 0.25) is 0 Å². The first-order chi connectivity index (χ1) is 8.50. The van der Waals surface area contributed by atoms with Gasteiger partial charge in [-0.05, 0) is 35.2 Å². The van der Waals surface area contributed by atoms with Gasteiger partial charge in [-0.25, -0.2) is 0 Å². The van der Waals surface area contributed by atoms with E-state index in [1.54, 1.807) is 0 Å². The lowest BCUT2D eigenvalue weighted by atomic mass is 10.0. The molecule has 0 heterocycles. The number of rotatable bonds is 2. The highest BCUT2D eigenvalue weighted by molar-refractivity contribution is 5.64. The lowest BCUT2D eigenvalue weighted by Crippen LogP contribution is -2.03. The highest BCUT2D eigenvalue weighted by Gasteiger charge is 2.29. The van der Waals surface area contributed by atoms with E-state index >= 15 is 0 Å². The van der Waals surface area contributed by atoms with Crippen LogP contribution in [0.15, 0.2) is 48.5 Å². The van der Waals surface area contributed by atoms with Gasteiger partial charge in [0.05, 0.1) is 5.56 Å². The number of benzene rings is 2. The van der Waals surface area contributed by atoms with E-state index in [-0.39, 0.29) is 0 Å². The Balaban J connectivity index is 2.28. The van der Waals surface area contributed by atoms with E-state index < -0.39 is 11.7 Å². The van der Waals surface area contributed by atoms with Crippen LogP contribution in [0, 0.1) is 0 Å². The fourth-order valence-corrected chi connectivity index (χ4v) is 1.78. The van der Waals surface area contributed by atoms with Gasteiger partial charge in [-0.2, -0.15) is 13.2 Å². The molecule has 0 amide bonds. The standard InChI is InChI=1S/C15H13F3/c1-2-11-3-5-12(6-4-11)13-7-9-14(10-8-13)15(16,17)18/h3-10H,2H2,1H3. The maximum absolute atomic E-state index is 12.4. The zero-order valence-electron chi connectivity index (χ0n) is 9.96. The number of alkyl halides is 3. The first-order valence-corrected chi connectivity index (χ1v) is 5.77. The number of halogens is 3. The van der Waals surface area contributed by atoms with E-state index in [1.807, 2.05) is 24.3 Å². The van der Waals surface area contributed by atoms with Crippen LogP contribution in [-0.4, -0.2) is 0 Å². The minimum atomic E-state index is -4.27. The summed E-state index contributed by atoms with van der Waals surface area (Å²) in [5.41, 5.74) is 2.33. The topological polar surface area (TPSA) is 0 Å². The van der Waals surface area contributed by atoms with E-state index in [0.717, 1.165) is 29.7 Å². The molecule has 2 aromatic carbocycles. The second-order valence-electron chi connectivity index (χ2n) is 4.13. The molecule has 0 saturated heterocycles. The molecule has 0 fully saturated rings. The molecule has 0 aromatic heterocycles. The second kappa shape index (κ2) is 4.84. The Morgan fingerprint density at radius 3 is 1.61 bits per heavy atom. The average Bonchev–Trinajstić information content (AvgIpc) is 2.38. The van der Waals surface area contributed by atoms with Crippen LogP contribution in [0.3, 0.4) is 0 Å². The molecule has 0 spiro atoms. The molecule has 94 valence electrons. The highest BCUT2D eigenvalue weighted by atomic mass is 19.4. The van der Waals surface area contributed by atoms with Crippen LogP contribution in [0.25, 0.3) is 11.1 Å². The molecule has 0 radical (unpaired) electrons. The minimum absolute atomic E-state index is 0.614. The smallest absolute Gasteiger partial charge is 0.166 e. The summed E-state index contributed by atoms with van der Waals surface area (Å²) in [6.07, 6.45) is -3.32. The SMILES string of the molecule is CCc1ccc(-c2ccc(C(F)(F)F)cc2)cc1. The van der Waals surface area contributed by atoms with E-state index in [2.05, 4.69) is 6.92 Å². The largest absolute Gasteiger partial charge is 0.416 e. The monoisotopic (exact) mass is 250 g/mol. The summed E-state index contributed by atoms with van der Waals surface area (Å²) in [4.78, 5) is 0. The fraction of sp³-hybridized carbons (Fsp3) is 0.200. The molecule has 0 bridgehead atoms. The van der Waals surface area contributed by atoms with Gasteiger partial charge >= 0.3 is 6.18 Å².